The Kier molecular flexibility index (Phi) is 6.14. The minimum absolute atomic E-state index is 0.780. The lowest BCUT2D eigenvalue weighted by Crippen LogP contribution is -2.35. The molecule has 0 bridgehead atoms. The second kappa shape index (κ2) is 7.63. The Labute approximate surface area is 129 Å². The van der Waals surface area contributed by atoms with Crippen LogP contribution < -0.4 is 5.32 Å². The van der Waals surface area contributed by atoms with Crippen molar-refractivity contribution in [2.45, 2.75) is 38.3 Å². The third-order valence-electron chi connectivity index (χ3n) is 3.90. The molecule has 0 heterocycles. The Morgan fingerprint density at radius 2 is 2.11 bits per heavy atom. The fourth-order valence-corrected chi connectivity index (χ4v) is 3.12. The Hall–Kier alpha value is -0.0900. The van der Waals surface area contributed by atoms with Crippen molar-refractivity contribution in [1.82, 2.24) is 10.2 Å². The lowest BCUT2D eigenvalue weighted by Gasteiger charge is -2.24. The van der Waals surface area contributed by atoms with Crippen LogP contribution >= 0.6 is 27.5 Å². The van der Waals surface area contributed by atoms with Crippen LogP contribution in [0.15, 0.2) is 22.7 Å². The van der Waals surface area contributed by atoms with Gasteiger partial charge in [0.25, 0.3) is 0 Å². The van der Waals surface area contributed by atoms with E-state index in [0.717, 1.165) is 35.2 Å². The fraction of sp³-hybridized carbons (Fsp3) is 0.600. The monoisotopic (exact) mass is 344 g/mol. The lowest BCUT2D eigenvalue weighted by atomic mass is 10.2. The summed E-state index contributed by atoms with van der Waals surface area (Å²) in [6.45, 7) is 3.03. The number of rotatable bonds is 6. The summed E-state index contributed by atoms with van der Waals surface area (Å²) < 4.78 is 0.957. The highest BCUT2D eigenvalue weighted by Gasteiger charge is 2.18. The molecule has 0 amide bonds. The topological polar surface area (TPSA) is 15.3 Å². The summed E-state index contributed by atoms with van der Waals surface area (Å²) >= 11 is 9.49. The predicted octanol–water partition coefficient (Wildman–Crippen LogP) is 4.07. The third-order valence-corrected chi connectivity index (χ3v) is 5.13. The van der Waals surface area contributed by atoms with Crippen molar-refractivity contribution < 1.29 is 0 Å². The largest absolute Gasteiger partial charge is 0.311 e. The van der Waals surface area contributed by atoms with E-state index in [1.165, 1.54) is 31.2 Å². The van der Waals surface area contributed by atoms with E-state index in [4.69, 9.17) is 11.6 Å². The molecule has 0 radical (unpaired) electrons. The zero-order chi connectivity index (χ0) is 13.7. The van der Waals surface area contributed by atoms with E-state index in [2.05, 4.69) is 39.3 Å². The van der Waals surface area contributed by atoms with Gasteiger partial charge in [-0.2, -0.15) is 0 Å². The van der Waals surface area contributed by atoms with E-state index in [9.17, 15) is 0 Å². The van der Waals surface area contributed by atoms with Crippen molar-refractivity contribution in [3.8, 4) is 0 Å². The molecule has 1 aliphatic carbocycles. The van der Waals surface area contributed by atoms with E-state index in [1.807, 2.05) is 12.1 Å². The number of nitrogens with zero attached hydrogens (tertiary/aromatic N) is 1. The summed E-state index contributed by atoms with van der Waals surface area (Å²) in [4.78, 5) is 2.49. The van der Waals surface area contributed by atoms with Crippen LogP contribution in [0.4, 0.5) is 0 Å². The summed E-state index contributed by atoms with van der Waals surface area (Å²) in [6.07, 6.45) is 5.55. The Morgan fingerprint density at radius 3 is 2.79 bits per heavy atom. The van der Waals surface area contributed by atoms with Crippen LogP contribution in [0, 0.1) is 0 Å². The van der Waals surface area contributed by atoms with Gasteiger partial charge in [-0.05, 0) is 53.5 Å². The molecule has 2 nitrogen and oxygen atoms in total. The first-order valence-corrected chi connectivity index (χ1v) is 8.19. The van der Waals surface area contributed by atoms with Crippen LogP contribution in [0.5, 0.6) is 0 Å². The number of hydrogen-bond donors (Lipinski definition) is 1. The van der Waals surface area contributed by atoms with Crippen molar-refractivity contribution in [1.29, 1.82) is 0 Å². The molecule has 0 saturated heterocycles. The van der Waals surface area contributed by atoms with Crippen LogP contribution in [-0.2, 0) is 6.54 Å². The van der Waals surface area contributed by atoms with Crippen molar-refractivity contribution in [3.63, 3.8) is 0 Å². The maximum Gasteiger partial charge on any atom is 0.0551 e. The summed E-state index contributed by atoms with van der Waals surface area (Å²) in [5, 5.41) is 4.27. The Balaban J connectivity index is 1.67. The average molecular weight is 346 g/mol. The second-order valence-electron chi connectivity index (χ2n) is 5.34. The number of nitrogens with one attached hydrogen (secondary N) is 1. The van der Waals surface area contributed by atoms with Gasteiger partial charge < -0.3 is 10.2 Å². The minimum Gasteiger partial charge on any atom is -0.311 e. The zero-order valence-electron chi connectivity index (χ0n) is 11.5. The quantitative estimate of drug-likeness (QED) is 0.782. The maximum atomic E-state index is 6.08. The molecule has 19 heavy (non-hydrogen) atoms. The molecule has 1 saturated carbocycles. The lowest BCUT2D eigenvalue weighted by molar-refractivity contribution is 0.245. The standard InChI is InChI=1S/C15H22BrClN2/c1-19(13-4-2-3-5-13)9-8-18-11-12-6-7-14(16)15(17)10-12/h6-7,10,13,18H,2-5,8-9,11H2,1H3. The molecule has 0 atom stereocenters. The summed E-state index contributed by atoms with van der Waals surface area (Å²) in [5.41, 5.74) is 1.23. The highest BCUT2D eigenvalue weighted by molar-refractivity contribution is 9.10. The maximum absolute atomic E-state index is 6.08. The highest BCUT2D eigenvalue weighted by Crippen LogP contribution is 2.23. The molecule has 1 fully saturated rings. The first kappa shape index (κ1) is 15.3. The van der Waals surface area contributed by atoms with Crippen molar-refractivity contribution in [2.24, 2.45) is 0 Å². The van der Waals surface area contributed by atoms with Gasteiger partial charge >= 0.3 is 0 Å². The third kappa shape index (κ3) is 4.75. The van der Waals surface area contributed by atoms with Crippen LogP contribution in [0.1, 0.15) is 31.2 Å². The normalized spacial score (nSPS) is 16.4. The average Bonchev–Trinajstić information content (AvgIpc) is 2.92. The molecule has 0 aliphatic heterocycles. The SMILES string of the molecule is CN(CCNCc1ccc(Br)c(Cl)c1)C1CCCC1. The number of benzene rings is 1. The van der Waals surface area contributed by atoms with Crippen molar-refractivity contribution >= 4 is 27.5 Å². The van der Waals surface area contributed by atoms with Gasteiger partial charge in [-0.25, -0.2) is 0 Å². The van der Waals surface area contributed by atoms with Gasteiger partial charge in [-0.3, -0.25) is 0 Å². The van der Waals surface area contributed by atoms with E-state index in [0.29, 0.717) is 0 Å². The van der Waals surface area contributed by atoms with Crippen molar-refractivity contribution in [3.05, 3.63) is 33.3 Å². The molecule has 106 valence electrons. The molecule has 1 aromatic rings. The smallest absolute Gasteiger partial charge is 0.0551 e. The molecular weight excluding hydrogens is 324 g/mol. The van der Waals surface area contributed by atoms with Crippen LogP contribution in [-0.4, -0.2) is 31.1 Å². The summed E-state index contributed by atoms with van der Waals surface area (Å²) in [7, 11) is 2.24. The van der Waals surface area contributed by atoms with Crippen LogP contribution in [0.2, 0.25) is 5.02 Å². The first-order chi connectivity index (χ1) is 9.16. The van der Waals surface area contributed by atoms with Gasteiger partial charge in [0.1, 0.15) is 0 Å². The molecule has 1 N–H and O–H groups in total. The van der Waals surface area contributed by atoms with Crippen LogP contribution in [0.25, 0.3) is 0 Å². The van der Waals surface area contributed by atoms with E-state index in [-0.39, 0.29) is 0 Å². The molecule has 1 aromatic carbocycles. The first-order valence-electron chi connectivity index (χ1n) is 7.01. The number of hydrogen-bond acceptors (Lipinski definition) is 2. The van der Waals surface area contributed by atoms with Gasteiger partial charge in [-0.1, -0.05) is 30.5 Å². The fourth-order valence-electron chi connectivity index (χ4n) is 2.67. The number of likely N-dealkylation sites (N-methyl/N-ethyl adjacent to an activating group) is 1. The molecule has 0 aromatic heterocycles. The number of halogens is 2. The predicted molar refractivity (Wildman–Crippen MR) is 85.7 cm³/mol. The second-order valence-corrected chi connectivity index (χ2v) is 6.61. The summed E-state index contributed by atoms with van der Waals surface area (Å²) in [5.74, 6) is 0. The minimum atomic E-state index is 0.780. The molecule has 4 heteroatoms. The van der Waals surface area contributed by atoms with Gasteiger partial charge in [0.2, 0.25) is 0 Å². The molecule has 2 rings (SSSR count). The van der Waals surface area contributed by atoms with E-state index >= 15 is 0 Å². The highest BCUT2D eigenvalue weighted by atomic mass is 79.9. The van der Waals surface area contributed by atoms with Gasteiger partial charge in [0.15, 0.2) is 0 Å². The van der Waals surface area contributed by atoms with Crippen LogP contribution in [0.3, 0.4) is 0 Å². The van der Waals surface area contributed by atoms with Crippen molar-refractivity contribution in [2.75, 3.05) is 20.1 Å². The van der Waals surface area contributed by atoms with E-state index in [1.54, 1.807) is 0 Å². The zero-order valence-corrected chi connectivity index (χ0v) is 13.8. The molecule has 0 spiro atoms. The van der Waals surface area contributed by atoms with E-state index < -0.39 is 0 Å². The van der Waals surface area contributed by atoms with Gasteiger partial charge in [-0.15, -0.1) is 0 Å². The Bertz CT molecular complexity index is 405. The molecule has 0 unspecified atom stereocenters. The van der Waals surface area contributed by atoms with Gasteiger partial charge in [0.05, 0.1) is 5.02 Å². The molecule has 1 aliphatic rings. The van der Waals surface area contributed by atoms with Gasteiger partial charge in [0, 0.05) is 30.1 Å². The summed E-state index contributed by atoms with van der Waals surface area (Å²) in [6, 6.07) is 6.93. The Morgan fingerprint density at radius 1 is 1.37 bits per heavy atom. The molecular formula is C15H22BrClN2.